The highest BCUT2D eigenvalue weighted by atomic mass is 35.5. The number of nitrogens with zero attached hydrogens (tertiary/aromatic N) is 2. The van der Waals surface area contributed by atoms with E-state index < -0.39 is 5.82 Å². The third-order valence-electron chi connectivity index (χ3n) is 9.09. The van der Waals surface area contributed by atoms with E-state index in [-0.39, 0.29) is 48.9 Å². The molecule has 7 nitrogen and oxygen atoms in total. The van der Waals surface area contributed by atoms with E-state index in [4.69, 9.17) is 21.1 Å². The van der Waals surface area contributed by atoms with Crippen molar-refractivity contribution in [2.24, 2.45) is 0 Å². The number of aryl methyl sites for hydroxylation is 1. The van der Waals surface area contributed by atoms with Gasteiger partial charge in [-0.1, -0.05) is 41.9 Å². The molecule has 3 aromatic rings. The van der Waals surface area contributed by atoms with E-state index >= 15 is 0 Å². The average Bonchev–Trinajstić information content (AvgIpc) is 3.87. The number of ether oxygens (including phenoxy) is 2. The lowest BCUT2D eigenvalue weighted by Gasteiger charge is -2.44. The predicted octanol–water partition coefficient (Wildman–Crippen LogP) is 6.09. The summed E-state index contributed by atoms with van der Waals surface area (Å²) in [7, 11) is 0. The largest absolute Gasteiger partial charge is 0.490 e. The molecule has 1 aliphatic carbocycles. The minimum Gasteiger partial charge on any atom is -0.490 e. The molecule has 6 rings (SSSR count). The number of hydrogen-bond donors (Lipinski definition) is 1. The van der Waals surface area contributed by atoms with Crippen LogP contribution in [0.4, 0.5) is 4.39 Å². The number of halogens is 2. The minimum absolute atomic E-state index is 0.0290. The molecule has 2 unspecified atom stereocenters. The Balaban J connectivity index is 1.24. The molecule has 1 N–H and O–H groups in total. The third kappa shape index (κ3) is 7.02. The van der Waals surface area contributed by atoms with Crippen molar-refractivity contribution in [2.75, 3.05) is 26.3 Å². The SMILES string of the molecule is CC(=O)N1CC2CC(c3ccc(OCCOc4cc(F)ccc4Cl)cc3)=C(C(=O)N(Cc3cccc(C)c3C)C3CC3)C(C1)N2. The smallest absolute Gasteiger partial charge is 0.252 e. The summed E-state index contributed by atoms with van der Waals surface area (Å²) in [6.07, 6.45) is 2.65. The lowest BCUT2D eigenvalue weighted by molar-refractivity contribution is -0.132. The van der Waals surface area contributed by atoms with Crippen LogP contribution in [0.3, 0.4) is 0 Å². The molecule has 2 aliphatic heterocycles. The Morgan fingerprint density at radius 1 is 1.02 bits per heavy atom. The van der Waals surface area contributed by atoms with Gasteiger partial charge in [-0.3, -0.25) is 9.59 Å². The Morgan fingerprint density at radius 3 is 2.51 bits per heavy atom. The van der Waals surface area contributed by atoms with Crippen molar-refractivity contribution in [1.29, 1.82) is 0 Å². The van der Waals surface area contributed by atoms with Crippen molar-refractivity contribution in [2.45, 2.75) is 64.7 Å². The van der Waals surface area contributed by atoms with E-state index in [0.717, 1.165) is 29.6 Å². The second-order valence-corrected chi connectivity index (χ2v) is 12.7. The Kier molecular flexibility index (Phi) is 9.15. The molecule has 3 aliphatic rings. The standard InChI is InChI=1S/C36H39ClFN3O4/c1-22-5-4-6-26(23(22)2)19-41(29-10-11-29)36(43)35-31(18-28-20-40(24(3)42)21-33(35)39-28)25-7-12-30(13-8-25)44-15-16-45-34-17-27(38)9-14-32(34)37/h4-9,12-14,17,28-29,33,39H,10-11,15-16,18-21H2,1-3H3. The first-order valence-electron chi connectivity index (χ1n) is 15.6. The van der Waals surface area contributed by atoms with Crippen LogP contribution >= 0.6 is 11.6 Å². The summed E-state index contributed by atoms with van der Waals surface area (Å²) in [5, 5.41) is 4.00. The van der Waals surface area contributed by atoms with E-state index in [2.05, 4.69) is 37.4 Å². The van der Waals surface area contributed by atoms with Crippen molar-refractivity contribution in [1.82, 2.24) is 15.1 Å². The van der Waals surface area contributed by atoms with E-state index in [1.54, 1.807) is 6.92 Å². The summed E-state index contributed by atoms with van der Waals surface area (Å²) >= 11 is 6.08. The fourth-order valence-electron chi connectivity index (χ4n) is 6.35. The van der Waals surface area contributed by atoms with Gasteiger partial charge in [0.25, 0.3) is 5.91 Å². The average molecular weight is 632 g/mol. The summed E-state index contributed by atoms with van der Waals surface area (Å²) in [4.78, 5) is 30.9. The number of carbonyl (C=O) groups excluding carboxylic acids is 2. The minimum atomic E-state index is -0.417. The van der Waals surface area contributed by atoms with Gasteiger partial charge in [-0.2, -0.15) is 0 Å². The maximum absolute atomic E-state index is 14.6. The second kappa shape index (κ2) is 13.2. The first-order valence-corrected chi connectivity index (χ1v) is 16.0. The quantitative estimate of drug-likeness (QED) is 0.274. The summed E-state index contributed by atoms with van der Waals surface area (Å²) < 4.78 is 25.0. The zero-order valence-corrected chi connectivity index (χ0v) is 26.7. The molecule has 0 radical (unpaired) electrons. The highest BCUT2D eigenvalue weighted by Crippen LogP contribution is 2.38. The van der Waals surface area contributed by atoms with Gasteiger partial charge in [0.1, 0.15) is 30.5 Å². The van der Waals surface area contributed by atoms with Gasteiger partial charge in [0.15, 0.2) is 0 Å². The second-order valence-electron chi connectivity index (χ2n) is 12.3. The predicted molar refractivity (Wildman–Crippen MR) is 173 cm³/mol. The lowest BCUT2D eigenvalue weighted by Crippen LogP contribution is -2.61. The topological polar surface area (TPSA) is 71.1 Å². The van der Waals surface area contributed by atoms with Crippen LogP contribution in [0.25, 0.3) is 5.57 Å². The van der Waals surface area contributed by atoms with Gasteiger partial charge in [0.2, 0.25) is 5.91 Å². The van der Waals surface area contributed by atoms with Crippen LogP contribution in [-0.2, 0) is 16.1 Å². The number of fused-ring (bicyclic) bond motifs is 2. The van der Waals surface area contributed by atoms with Gasteiger partial charge in [0, 0.05) is 50.3 Å². The van der Waals surface area contributed by atoms with Crippen molar-refractivity contribution < 1.29 is 23.5 Å². The molecule has 2 heterocycles. The molecular weight excluding hydrogens is 593 g/mol. The number of nitrogens with one attached hydrogen (secondary N) is 1. The number of amides is 2. The fourth-order valence-corrected chi connectivity index (χ4v) is 6.52. The molecule has 45 heavy (non-hydrogen) atoms. The lowest BCUT2D eigenvalue weighted by atomic mass is 9.82. The molecule has 0 spiro atoms. The van der Waals surface area contributed by atoms with Crippen LogP contribution in [0, 0.1) is 19.7 Å². The van der Waals surface area contributed by atoms with E-state index in [0.29, 0.717) is 36.8 Å². The third-order valence-corrected chi connectivity index (χ3v) is 9.40. The molecule has 9 heteroatoms. The number of piperazine rings is 1. The number of rotatable bonds is 10. The van der Waals surface area contributed by atoms with Crippen molar-refractivity contribution in [3.8, 4) is 11.5 Å². The number of hydrogen-bond acceptors (Lipinski definition) is 5. The van der Waals surface area contributed by atoms with Crippen molar-refractivity contribution in [3.63, 3.8) is 0 Å². The van der Waals surface area contributed by atoms with E-state index in [1.807, 2.05) is 34.1 Å². The first-order chi connectivity index (χ1) is 21.7. The Bertz CT molecular complexity index is 1620. The van der Waals surface area contributed by atoms with E-state index in [1.165, 1.54) is 34.9 Å². The molecule has 2 fully saturated rings. The molecule has 0 aromatic heterocycles. The molecule has 1 saturated heterocycles. The fraction of sp³-hybridized carbons (Fsp3) is 0.389. The van der Waals surface area contributed by atoms with Crippen molar-refractivity contribution >= 4 is 29.0 Å². The van der Waals surface area contributed by atoms with Gasteiger partial charge >= 0.3 is 0 Å². The maximum Gasteiger partial charge on any atom is 0.252 e. The Hall–Kier alpha value is -3.88. The van der Waals surface area contributed by atoms with Crippen LogP contribution < -0.4 is 14.8 Å². The van der Waals surface area contributed by atoms with Gasteiger partial charge < -0.3 is 24.6 Å². The zero-order chi connectivity index (χ0) is 31.7. The maximum atomic E-state index is 14.6. The highest BCUT2D eigenvalue weighted by molar-refractivity contribution is 6.32. The Morgan fingerprint density at radius 2 is 1.78 bits per heavy atom. The van der Waals surface area contributed by atoms with E-state index in [9.17, 15) is 14.0 Å². The summed E-state index contributed by atoms with van der Waals surface area (Å²) in [5.41, 5.74) is 6.35. The first kappa shape index (κ1) is 31.1. The molecule has 2 amide bonds. The van der Waals surface area contributed by atoms with Gasteiger partial charge in [-0.15, -0.1) is 0 Å². The zero-order valence-electron chi connectivity index (χ0n) is 25.9. The highest BCUT2D eigenvalue weighted by Gasteiger charge is 2.43. The van der Waals surface area contributed by atoms with Crippen LogP contribution in [0.15, 0.2) is 66.2 Å². The molecule has 1 saturated carbocycles. The monoisotopic (exact) mass is 631 g/mol. The van der Waals surface area contributed by atoms with Crippen LogP contribution in [0.1, 0.15) is 48.4 Å². The van der Waals surface area contributed by atoms with Gasteiger partial charge in [-0.05, 0) is 85.2 Å². The van der Waals surface area contributed by atoms with Crippen LogP contribution in [0.2, 0.25) is 5.02 Å². The molecule has 236 valence electrons. The molecule has 2 bridgehead atoms. The number of benzene rings is 3. The molecule has 3 aromatic carbocycles. The normalized spacial score (nSPS) is 19.4. The van der Waals surface area contributed by atoms with Crippen LogP contribution in [0.5, 0.6) is 11.5 Å². The summed E-state index contributed by atoms with van der Waals surface area (Å²) in [6.45, 7) is 7.92. The van der Waals surface area contributed by atoms with Gasteiger partial charge in [0.05, 0.1) is 11.1 Å². The number of carbonyl (C=O) groups is 2. The molecule has 2 atom stereocenters. The summed E-state index contributed by atoms with van der Waals surface area (Å²) in [5.74, 6) is 0.592. The van der Waals surface area contributed by atoms with Crippen LogP contribution in [-0.4, -0.2) is 66.0 Å². The van der Waals surface area contributed by atoms with Crippen molar-refractivity contribution in [3.05, 3.63) is 99.3 Å². The van der Waals surface area contributed by atoms with Gasteiger partial charge in [-0.25, -0.2) is 4.39 Å². The summed E-state index contributed by atoms with van der Waals surface area (Å²) in [6, 6.07) is 18.1. The molecular formula is C36H39ClFN3O4. The Labute approximate surface area is 268 Å².